The number of fused-ring (bicyclic) bond motifs is 1. The first-order chi connectivity index (χ1) is 13.0. The fourth-order valence-corrected chi connectivity index (χ4v) is 2.56. The Kier molecular flexibility index (Phi) is 5.54. The van der Waals surface area contributed by atoms with E-state index < -0.39 is 30.1 Å². The van der Waals surface area contributed by atoms with Crippen molar-refractivity contribution in [1.29, 1.82) is 0 Å². The monoisotopic (exact) mass is 377 g/mol. The van der Waals surface area contributed by atoms with Gasteiger partial charge < -0.3 is 19.1 Å². The normalized spacial score (nSPS) is 12.0. The van der Waals surface area contributed by atoms with Crippen LogP contribution in [0.5, 0.6) is 11.5 Å². The van der Waals surface area contributed by atoms with Crippen molar-refractivity contribution in [3.63, 3.8) is 0 Å². The van der Waals surface area contributed by atoms with Crippen LogP contribution in [0.25, 0.3) is 0 Å². The van der Waals surface area contributed by atoms with Gasteiger partial charge in [-0.25, -0.2) is 13.6 Å². The molecule has 0 spiro atoms. The third-order valence-electron chi connectivity index (χ3n) is 4.03. The standard InChI is InChI=1S/C19H17F2NO5/c1-2-22(9-12-3-6-16-17(7-12)27-11-26-16)18(23)10-25-19(24)13-4-5-14(20)15(21)8-13/h3-8H,2,9-11H2,1H3. The number of carbonyl (C=O) groups excluding carboxylic acids is 2. The van der Waals surface area contributed by atoms with Crippen molar-refractivity contribution in [2.75, 3.05) is 19.9 Å². The number of hydrogen-bond donors (Lipinski definition) is 0. The van der Waals surface area contributed by atoms with Crippen molar-refractivity contribution in [1.82, 2.24) is 4.90 Å². The molecule has 0 aromatic heterocycles. The molecule has 1 heterocycles. The van der Waals surface area contributed by atoms with E-state index in [4.69, 9.17) is 14.2 Å². The van der Waals surface area contributed by atoms with Gasteiger partial charge in [-0.15, -0.1) is 0 Å². The maximum Gasteiger partial charge on any atom is 0.338 e. The molecule has 1 aliphatic rings. The molecule has 0 bridgehead atoms. The van der Waals surface area contributed by atoms with Crippen molar-refractivity contribution < 1.29 is 32.6 Å². The molecule has 27 heavy (non-hydrogen) atoms. The minimum atomic E-state index is -1.16. The second-order valence-corrected chi connectivity index (χ2v) is 5.80. The summed E-state index contributed by atoms with van der Waals surface area (Å²) < 4.78 is 41.6. The Balaban J connectivity index is 1.58. The van der Waals surface area contributed by atoms with E-state index in [9.17, 15) is 18.4 Å². The molecule has 0 atom stereocenters. The van der Waals surface area contributed by atoms with Crippen LogP contribution in [0, 0.1) is 11.6 Å². The smallest absolute Gasteiger partial charge is 0.338 e. The number of halogens is 2. The molecule has 0 aliphatic carbocycles. The minimum absolute atomic E-state index is 0.162. The summed E-state index contributed by atoms with van der Waals surface area (Å²) in [7, 11) is 0. The number of hydrogen-bond acceptors (Lipinski definition) is 5. The summed E-state index contributed by atoms with van der Waals surface area (Å²) in [5, 5.41) is 0. The van der Waals surface area contributed by atoms with Gasteiger partial charge in [0, 0.05) is 13.1 Å². The van der Waals surface area contributed by atoms with Crippen LogP contribution >= 0.6 is 0 Å². The van der Waals surface area contributed by atoms with E-state index in [0.717, 1.165) is 23.8 Å². The molecule has 0 fully saturated rings. The molecular weight excluding hydrogens is 360 g/mol. The zero-order valence-electron chi connectivity index (χ0n) is 14.5. The van der Waals surface area contributed by atoms with Gasteiger partial charge in [-0.1, -0.05) is 6.07 Å². The Bertz CT molecular complexity index is 871. The van der Waals surface area contributed by atoms with Crippen LogP contribution in [-0.4, -0.2) is 36.7 Å². The lowest BCUT2D eigenvalue weighted by Crippen LogP contribution is -2.34. The fraction of sp³-hybridized carbons (Fsp3) is 0.263. The van der Waals surface area contributed by atoms with Gasteiger partial charge in [-0.05, 0) is 42.8 Å². The molecule has 1 aliphatic heterocycles. The van der Waals surface area contributed by atoms with E-state index in [2.05, 4.69) is 0 Å². The van der Waals surface area contributed by atoms with Gasteiger partial charge in [-0.2, -0.15) is 0 Å². The molecule has 0 unspecified atom stereocenters. The zero-order valence-corrected chi connectivity index (χ0v) is 14.5. The molecular formula is C19H17F2NO5. The van der Waals surface area contributed by atoms with Crippen molar-refractivity contribution in [2.24, 2.45) is 0 Å². The van der Waals surface area contributed by atoms with Gasteiger partial charge in [0.1, 0.15) is 0 Å². The molecule has 8 heteroatoms. The number of amides is 1. The highest BCUT2D eigenvalue weighted by Gasteiger charge is 2.19. The van der Waals surface area contributed by atoms with E-state index in [-0.39, 0.29) is 12.4 Å². The Morgan fingerprint density at radius 1 is 1.07 bits per heavy atom. The molecule has 3 rings (SSSR count). The van der Waals surface area contributed by atoms with Gasteiger partial charge in [-0.3, -0.25) is 4.79 Å². The van der Waals surface area contributed by atoms with Gasteiger partial charge in [0.15, 0.2) is 29.7 Å². The Labute approximate surface area is 154 Å². The van der Waals surface area contributed by atoms with Gasteiger partial charge in [0.2, 0.25) is 6.79 Å². The quantitative estimate of drug-likeness (QED) is 0.725. The summed E-state index contributed by atoms with van der Waals surface area (Å²) in [4.78, 5) is 25.7. The minimum Gasteiger partial charge on any atom is -0.454 e. The predicted octanol–water partition coefficient (Wildman–Crippen LogP) is 2.90. The molecule has 0 saturated heterocycles. The second kappa shape index (κ2) is 8.03. The largest absolute Gasteiger partial charge is 0.454 e. The molecule has 0 N–H and O–H groups in total. The van der Waals surface area contributed by atoms with E-state index in [1.165, 1.54) is 4.90 Å². The summed E-state index contributed by atoms with van der Waals surface area (Å²) >= 11 is 0. The SMILES string of the molecule is CCN(Cc1ccc2c(c1)OCO2)C(=O)COC(=O)c1ccc(F)c(F)c1. The molecule has 6 nitrogen and oxygen atoms in total. The highest BCUT2D eigenvalue weighted by molar-refractivity contribution is 5.91. The zero-order chi connectivity index (χ0) is 19.4. The van der Waals surface area contributed by atoms with Crippen LogP contribution in [-0.2, 0) is 16.1 Å². The lowest BCUT2D eigenvalue weighted by atomic mass is 10.2. The molecule has 0 saturated carbocycles. The van der Waals surface area contributed by atoms with Gasteiger partial charge >= 0.3 is 5.97 Å². The highest BCUT2D eigenvalue weighted by atomic mass is 19.2. The van der Waals surface area contributed by atoms with Crippen molar-refractivity contribution in [2.45, 2.75) is 13.5 Å². The molecule has 2 aromatic rings. The number of benzene rings is 2. The Morgan fingerprint density at radius 3 is 2.59 bits per heavy atom. The lowest BCUT2D eigenvalue weighted by Gasteiger charge is -2.21. The van der Waals surface area contributed by atoms with Gasteiger partial charge in [0.05, 0.1) is 5.56 Å². The summed E-state index contributed by atoms with van der Waals surface area (Å²) in [6.45, 7) is 2.15. The first kappa shape index (κ1) is 18.6. The summed E-state index contributed by atoms with van der Waals surface area (Å²) in [6, 6.07) is 8.01. The third-order valence-corrected chi connectivity index (χ3v) is 4.03. The van der Waals surface area contributed by atoms with E-state index in [1.54, 1.807) is 19.1 Å². The van der Waals surface area contributed by atoms with E-state index >= 15 is 0 Å². The number of rotatable bonds is 6. The average Bonchev–Trinajstić information content (AvgIpc) is 3.13. The number of ether oxygens (including phenoxy) is 3. The number of esters is 1. The van der Waals surface area contributed by atoms with E-state index in [1.807, 2.05) is 6.07 Å². The van der Waals surface area contributed by atoms with Crippen LogP contribution in [0.3, 0.4) is 0 Å². The Morgan fingerprint density at radius 2 is 1.85 bits per heavy atom. The van der Waals surface area contributed by atoms with Crippen LogP contribution in [0.15, 0.2) is 36.4 Å². The third kappa shape index (κ3) is 4.33. The maximum atomic E-state index is 13.2. The van der Waals surface area contributed by atoms with Gasteiger partial charge in [0.25, 0.3) is 5.91 Å². The first-order valence-corrected chi connectivity index (χ1v) is 8.26. The Hall–Kier alpha value is -3.16. The van der Waals surface area contributed by atoms with Crippen LogP contribution in [0.1, 0.15) is 22.8 Å². The predicted molar refractivity (Wildman–Crippen MR) is 90.3 cm³/mol. The first-order valence-electron chi connectivity index (χ1n) is 8.26. The molecule has 2 aromatic carbocycles. The summed E-state index contributed by atoms with van der Waals surface area (Å²) in [5.74, 6) is -2.28. The van der Waals surface area contributed by atoms with Crippen LogP contribution < -0.4 is 9.47 Å². The van der Waals surface area contributed by atoms with Crippen molar-refractivity contribution >= 4 is 11.9 Å². The average molecular weight is 377 g/mol. The lowest BCUT2D eigenvalue weighted by molar-refractivity contribution is -0.134. The highest BCUT2D eigenvalue weighted by Crippen LogP contribution is 2.32. The van der Waals surface area contributed by atoms with Crippen molar-refractivity contribution in [3.05, 3.63) is 59.2 Å². The number of nitrogens with zero attached hydrogens (tertiary/aromatic N) is 1. The second-order valence-electron chi connectivity index (χ2n) is 5.80. The molecule has 1 amide bonds. The van der Waals surface area contributed by atoms with Crippen LogP contribution in [0.2, 0.25) is 0 Å². The topological polar surface area (TPSA) is 65.1 Å². The molecule has 0 radical (unpaired) electrons. The van der Waals surface area contributed by atoms with Crippen molar-refractivity contribution in [3.8, 4) is 11.5 Å². The summed E-state index contributed by atoms with van der Waals surface area (Å²) in [5.41, 5.74) is 0.668. The number of likely N-dealkylation sites (N-methyl/N-ethyl adjacent to an activating group) is 1. The number of carbonyl (C=O) groups is 2. The fourth-order valence-electron chi connectivity index (χ4n) is 2.56. The summed E-state index contributed by atoms with van der Waals surface area (Å²) in [6.07, 6.45) is 0. The van der Waals surface area contributed by atoms with Crippen LogP contribution in [0.4, 0.5) is 8.78 Å². The molecule has 142 valence electrons. The maximum absolute atomic E-state index is 13.2. The van der Waals surface area contributed by atoms with E-state index in [0.29, 0.717) is 24.6 Å².